The molecule has 0 aromatic heterocycles. The molecule has 0 aromatic carbocycles. The van der Waals surface area contributed by atoms with Gasteiger partial charge in [0.05, 0.1) is 5.91 Å². The van der Waals surface area contributed by atoms with E-state index in [0.29, 0.717) is 0 Å². The smallest absolute Gasteiger partial charge is 0.412 e. The van der Waals surface area contributed by atoms with E-state index in [1.165, 1.54) is 6.92 Å². The number of hydrogen-bond donors (Lipinski definition) is 2. The van der Waals surface area contributed by atoms with E-state index in [4.69, 9.17) is 4.55 Å². The molecule has 0 radical (unpaired) electrons. The van der Waals surface area contributed by atoms with E-state index in [2.05, 4.69) is 6.58 Å². The van der Waals surface area contributed by atoms with Crippen molar-refractivity contribution in [3.05, 3.63) is 12.7 Å². The van der Waals surface area contributed by atoms with Crippen LogP contribution in [0.15, 0.2) is 6.58 Å². The SMILES string of the molecule is C=[C-]C(=O)NC(CC)S(=O)(=O)O.[Na+]. The minimum absolute atomic E-state index is 0. The number of hydrogen-bond acceptors (Lipinski definition) is 3. The van der Waals surface area contributed by atoms with E-state index in [9.17, 15) is 13.2 Å². The predicted octanol–water partition coefficient (Wildman–Crippen LogP) is -3.28. The maximum Gasteiger partial charge on any atom is 1.00 e. The second-order valence-electron chi connectivity index (χ2n) is 2.06. The molecule has 1 amide bonds. The molecular weight excluding hydrogens is 205 g/mol. The molecule has 0 aliphatic heterocycles. The molecule has 0 aliphatic carbocycles. The van der Waals surface area contributed by atoms with E-state index in [1.807, 2.05) is 11.4 Å². The van der Waals surface area contributed by atoms with Gasteiger partial charge in [-0.1, -0.05) is 6.92 Å². The summed E-state index contributed by atoms with van der Waals surface area (Å²) < 4.78 is 29.5. The van der Waals surface area contributed by atoms with Crippen LogP contribution >= 0.6 is 0 Å². The number of rotatable bonds is 4. The van der Waals surface area contributed by atoms with E-state index in [0.717, 1.165) is 0 Å². The molecule has 1 unspecified atom stereocenters. The van der Waals surface area contributed by atoms with Gasteiger partial charge >= 0.3 is 29.6 Å². The second kappa shape index (κ2) is 6.56. The molecule has 0 spiro atoms. The van der Waals surface area contributed by atoms with E-state index in [1.54, 1.807) is 0 Å². The van der Waals surface area contributed by atoms with Gasteiger partial charge in [0, 0.05) is 0 Å². The zero-order valence-corrected chi connectivity index (χ0v) is 10.4. The third kappa shape index (κ3) is 6.23. The van der Waals surface area contributed by atoms with Crippen molar-refractivity contribution in [3.63, 3.8) is 0 Å². The molecule has 5 nitrogen and oxygen atoms in total. The van der Waals surface area contributed by atoms with Crippen molar-refractivity contribution in [2.75, 3.05) is 0 Å². The first kappa shape index (κ1) is 15.6. The van der Waals surface area contributed by atoms with Crippen molar-refractivity contribution < 1.29 is 47.3 Å². The van der Waals surface area contributed by atoms with Crippen LogP contribution in [0.4, 0.5) is 0 Å². The van der Waals surface area contributed by atoms with Gasteiger partial charge in [-0.3, -0.25) is 11.1 Å². The van der Waals surface area contributed by atoms with Crippen LogP contribution in [0.5, 0.6) is 0 Å². The number of carbonyl (C=O) groups is 1. The summed E-state index contributed by atoms with van der Waals surface area (Å²) in [7, 11) is -4.22. The topological polar surface area (TPSA) is 83.5 Å². The molecule has 0 bridgehead atoms. The molecule has 0 aliphatic rings. The Hall–Kier alpha value is 0.120. The maximum absolute atomic E-state index is 10.6. The van der Waals surface area contributed by atoms with Crippen LogP contribution in [0.25, 0.3) is 0 Å². The van der Waals surface area contributed by atoms with Crippen molar-refractivity contribution in [2.24, 2.45) is 0 Å². The van der Waals surface area contributed by atoms with Crippen LogP contribution in [0.1, 0.15) is 13.3 Å². The van der Waals surface area contributed by atoms with Gasteiger partial charge in [-0.05, 0) is 6.42 Å². The van der Waals surface area contributed by atoms with Crippen molar-refractivity contribution in [2.45, 2.75) is 18.7 Å². The van der Waals surface area contributed by atoms with Gasteiger partial charge in [-0.15, -0.1) is 0 Å². The summed E-state index contributed by atoms with van der Waals surface area (Å²) in [6.45, 7) is 4.53. The minimum Gasteiger partial charge on any atom is -0.412 e. The van der Waals surface area contributed by atoms with E-state index in [-0.39, 0.29) is 36.0 Å². The quantitative estimate of drug-likeness (QED) is 0.223. The molecule has 0 saturated carbocycles. The van der Waals surface area contributed by atoms with Crippen molar-refractivity contribution in [1.29, 1.82) is 0 Å². The number of nitrogens with one attached hydrogen (secondary N) is 1. The first-order chi connectivity index (χ1) is 5.41. The summed E-state index contributed by atoms with van der Waals surface area (Å²) in [4.78, 5) is 10.6. The Morgan fingerprint density at radius 1 is 1.69 bits per heavy atom. The third-order valence-corrected chi connectivity index (χ3v) is 2.35. The van der Waals surface area contributed by atoms with Crippen LogP contribution in [0.3, 0.4) is 0 Å². The monoisotopic (exact) mass is 215 g/mol. The Bertz CT molecular complexity index is 274. The average Bonchev–Trinajstić information content (AvgIpc) is 1.97. The average molecular weight is 215 g/mol. The van der Waals surface area contributed by atoms with Crippen molar-refractivity contribution in [1.82, 2.24) is 5.32 Å². The summed E-state index contributed by atoms with van der Waals surface area (Å²) >= 11 is 0. The van der Waals surface area contributed by atoms with Crippen molar-refractivity contribution in [3.8, 4) is 0 Å². The Morgan fingerprint density at radius 3 is 2.38 bits per heavy atom. The van der Waals surface area contributed by atoms with Gasteiger partial charge < -0.3 is 16.2 Å². The van der Waals surface area contributed by atoms with Gasteiger partial charge in [0.25, 0.3) is 10.1 Å². The summed E-state index contributed by atoms with van der Waals surface area (Å²) in [5.74, 6) is -0.750. The minimum atomic E-state index is -4.22. The molecule has 0 aromatic rings. The largest absolute Gasteiger partial charge is 1.00 e. The standard InChI is InChI=1S/C6H10NO4S.Na/c1-3-5(8)7-6(4-2)12(9,10)11;/h6H,1,4H2,2H3,(H,7,8)(H,9,10,11);/q-1;+1. The molecule has 0 rings (SSSR count). The van der Waals surface area contributed by atoms with Gasteiger partial charge in [0.1, 0.15) is 0 Å². The molecule has 0 heterocycles. The summed E-state index contributed by atoms with van der Waals surface area (Å²) in [6.07, 6.45) is 2.02. The molecule has 2 N–H and O–H groups in total. The summed E-state index contributed by atoms with van der Waals surface area (Å²) in [5, 5.41) is 0.727. The summed E-state index contributed by atoms with van der Waals surface area (Å²) in [6, 6.07) is 0. The first-order valence-corrected chi connectivity index (χ1v) is 4.72. The Balaban J connectivity index is 0. The Morgan fingerprint density at radius 2 is 2.15 bits per heavy atom. The fourth-order valence-electron chi connectivity index (χ4n) is 0.584. The van der Waals surface area contributed by atoms with Crippen molar-refractivity contribution >= 4 is 16.0 Å². The van der Waals surface area contributed by atoms with Gasteiger partial charge in [-0.2, -0.15) is 8.42 Å². The van der Waals surface area contributed by atoms with Crippen LogP contribution in [0.2, 0.25) is 0 Å². The Kier molecular flexibility index (Phi) is 7.86. The Labute approximate surface area is 99.6 Å². The second-order valence-corrected chi connectivity index (χ2v) is 3.66. The third-order valence-electron chi connectivity index (χ3n) is 1.18. The van der Waals surface area contributed by atoms with E-state index < -0.39 is 21.4 Å². The molecule has 13 heavy (non-hydrogen) atoms. The molecule has 0 saturated heterocycles. The van der Waals surface area contributed by atoms with E-state index >= 15 is 0 Å². The van der Waals surface area contributed by atoms with Gasteiger partial charge in [0.15, 0.2) is 5.37 Å². The van der Waals surface area contributed by atoms with Crippen LogP contribution in [0, 0.1) is 6.08 Å². The predicted molar refractivity (Wildman–Crippen MR) is 42.6 cm³/mol. The zero-order valence-electron chi connectivity index (χ0n) is 7.57. The fourth-order valence-corrected chi connectivity index (χ4v) is 1.26. The number of carbonyl (C=O) groups excluding carboxylic acids is 1. The molecule has 7 heteroatoms. The van der Waals surface area contributed by atoms with Gasteiger partial charge in [0.2, 0.25) is 0 Å². The zero-order chi connectivity index (χ0) is 9.78. The first-order valence-electron chi connectivity index (χ1n) is 3.21. The fraction of sp³-hybridized carbons (Fsp3) is 0.500. The van der Waals surface area contributed by atoms with Crippen LogP contribution < -0.4 is 34.9 Å². The molecule has 1 atom stereocenters. The van der Waals surface area contributed by atoms with Crippen LogP contribution in [-0.4, -0.2) is 24.3 Å². The normalized spacial score (nSPS) is 12.5. The summed E-state index contributed by atoms with van der Waals surface area (Å²) in [5.41, 5.74) is 0. The maximum atomic E-state index is 10.6. The van der Waals surface area contributed by atoms with Gasteiger partial charge in [-0.25, -0.2) is 0 Å². The molecular formula is C6H10NNaO4S. The number of amides is 1. The van der Waals surface area contributed by atoms with Crippen LogP contribution in [-0.2, 0) is 14.9 Å². The molecule has 70 valence electrons. The molecule has 0 fully saturated rings.